The molecule has 2 aromatic rings. The predicted molar refractivity (Wildman–Crippen MR) is 115 cm³/mol. The van der Waals surface area contributed by atoms with Crippen LogP contribution in [0.2, 0.25) is 0 Å². The Balaban J connectivity index is 1.91. The van der Waals surface area contributed by atoms with Crippen molar-refractivity contribution in [2.24, 2.45) is 0 Å². The summed E-state index contributed by atoms with van der Waals surface area (Å²) in [6.45, 7) is 5.82. The molecule has 0 saturated carbocycles. The van der Waals surface area contributed by atoms with Crippen LogP contribution in [-0.4, -0.2) is 23.1 Å². The van der Waals surface area contributed by atoms with Crippen LogP contribution in [0.15, 0.2) is 48.5 Å². The van der Waals surface area contributed by atoms with Gasteiger partial charge in [0.2, 0.25) is 0 Å². The first-order chi connectivity index (χ1) is 14.2. The molecule has 6 nitrogen and oxygen atoms in total. The van der Waals surface area contributed by atoms with Crippen LogP contribution in [0.25, 0.3) is 5.57 Å². The maximum atomic E-state index is 12.4. The second kappa shape index (κ2) is 9.11. The van der Waals surface area contributed by atoms with Crippen molar-refractivity contribution < 1.29 is 19.2 Å². The Bertz CT molecular complexity index is 958. The Morgan fingerprint density at radius 1 is 1.20 bits per heavy atom. The molecule has 1 heterocycles. The number of nitro benzene ring substituents is 1. The maximum absolute atomic E-state index is 12.4. The first-order valence-electron chi connectivity index (χ1n) is 10.1. The van der Waals surface area contributed by atoms with Crippen LogP contribution in [0.1, 0.15) is 50.3 Å². The van der Waals surface area contributed by atoms with E-state index in [1.54, 1.807) is 6.07 Å². The zero-order chi connectivity index (χ0) is 21.7. The standard InChI is InChI=1S/C24H27NO5/c1-24(2,3)30-22(26)15-19-12-13-29-21-16-20(25(27)28)14-18(23(19)21)11-7-10-17-8-5-4-6-9-17/h4-6,8-9,14-16H,7,10-13H2,1-3H3/b19-15+. The molecule has 0 N–H and O–H groups in total. The average Bonchev–Trinajstić information content (AvgIpc) is 2.67. The van der Waals surface area contributed by atoms with Crippen molar-refractivity contribution in [3.8, 4) is 5.75 Å². The van der Waals surface area contributed by atoms with Gasteiger partial charge in [0, 0.05) is 24.1 Å². The average molecular weight is 409 g/mol. The summed E-state index contributed by atoms with van der Waals surface area (Å²) in [7, 11) is 0. The number of carbonyl (C=O) groups excluding carboxylic acids is 1. The minimum Gasteiger partial charge on any atom is -0.492 e. The van der Waals surface area contributed by atoms with Crippen molar-refractivity contribution >= 4 is 17.2 Å². The number of carbonyl (C=O) groups is 1. The van der Waals surface area contributed by atoms with Crippen LogP contribution < -0.4 is 4.74 Å². The highest BCUT2D eigenvalue weighted by Gasteiger charge is 2.25. The number of benzene rings is 2. The highest BCUT2D eigenvalue weighted by Crippen LogP contribution is 2.39. The molecule has 6 heteroatoms. The summed E-state index contributed by atoms with van der Waals surface area (Å²) in [5.74, 6) is 0.0407. The molecule has 1 aliphatic rings. The molecule has 1 aliphatic heterocycles. The third-order valence-corrected chi connectivity index (χ3v) is 4.78. The molecule has 30 heavy (non-hydrogen) atoms. The number of aryl methyl sites for hydroxylation is 2. The number of hydrogen-bond donors (Lipinski definition) is 0. The largest absolute Gasteiger partial charge is 0.492 e. The van der Waals surface area contributed by atoms with E-state index < -0.39 is 16.5 Å². The molecular formula is C24H27NO5. The number of esters is 1. The normalized spacial score (nSPS) is 14.7. The summed E-state index contributed by atoms with van der Waals surface area (Å²) in [6.07, 6.45) is 4.39. The van der Waals surface area contributed by atoms with Crippen LogP contribution in [0, 0.1) is 10.1 Å². The number of hydrogen-bond acceptors (Lipinski definition) is 5. The Kier molecular flexibility index (Phi) is 6.55. The third kappa shape index (κ3) is 5.69. The molecular weight excluding hydrogens is 382 g/mol. The smallest absolute Gasteiger partial charge is 0.331 e. The van der Waals surface area contributed by atoms with Gasteiger partial charge in [-0.15, -0.1) is 0 Å². The molecule has 0 atom stereocenters. The topological polar surface area (TPSA) is 78.7 Å². The number of fused-ring (bicyclic) bond motifs is 1. The second-order valence-corrected chi connectivity index (χ2v) is 8.38. The van der Waals surface area contributed by atoms with Crippen molar-refractivity contribution in [3.63, 3.8) is 0 Å². The van der Waals surface area contributed by atoms with Gasteiger partial charge < -0.3 is 9.47 Å². The molecule has 158 valence electrons. The fraction of sp³-hybridized carbons (Fsp3) is 0.375. The zero-order valence-corrected chi connectivity index (χ0v) is 17.6. The van der Waals surface area contributed by atoms with Gasteiger partial charge in [0.05, 0.1) is 17.6 Å². The number of nitrogens with zero attached hydrogens (tertiary/aromatic N) is 1. The van der Waals surface area contributed by atoms with Crippen molar-refractivity contribution in [2.75, 3.05) is 6.61 Å². The molecule has 0 bridgehead atoms. The van der Waals surface area contributed by atoms with E-state index in [0.29, 0.717) is 25.2 Å². The van der Waals surface area contributed by atoms with Crippen molar-refractivity contribution in [2.45, 2.75) is 52.1 Å². The molecule has 0 saturated heterocycles. The minimum atomic E-state index is -0.587. The highest BCUT2D eigenvalue weighted by atomic mass is 16.6. The number of rotatable bonds is 6. The lowest BCUT2D eigenvalue weighted by Crippen LogP contribution is -2.23. The van der Waals surface area contributed by atoms with Gasteiger partial charge in [0.25, 0.3) is 5.69 Å². The van der Waals surface area contributed by atoms with Crippen LogP contribution in [0.3, 0.4) is 0 Å². The molecule has 0 aromatic heterocycles. The summed E-state index contributed by atoms with van der Waals surface area (Å²) < 4.78 is 11.2. The molecule has 0 fully saturated rings. The van der Waals surface area contributed by atoms with Gasteiger partial charge in [-0.1, -0.05) is 30.3 Å². The van der Waals surface area contributed by atoms with Crippen LogP contribution in [0.5, 0.6) is 5.75 Å². The van der Waals surface area contributed by atoms with E-state index in [4.69, 9.17) is 9.47 Å². The quantitative estimate of drug-likeness (QED) is 0.281. The Hall–Kier alpha value is -3.15. The Labute approximate surface area is 176 Å². The van der Waals surface area contributed by atoms with Crippen LogP contribution in [0.4, 0.5) is 5.69 Å². The van der Waals surface area contributed by atoms with E-state index >= 15 is 0 Å². The van der Waals surface area contributed by atoms with Gasteiger partial charge in [0.1, 0.15) is 11.4 Å². The van der Waals surface area contributed by atoms with Crippen molar-refractivity contribution in [1.29, 1.82) is 0 Å². The third-order valence-electron chi connectivity index (χ3n) is 4.78. The summed E-state index contributed by atoms with van der Waals surface area (Å²) in [4.78, 5) is 23.4. The first kappa shape index (κ1) is 21.6. The van der Waals surface area contributed by atoms with Crippen molar-refractivity contribution in [3.05, 3.63) is 75.3 Å². The molecule has 0 amide bonds. The first-order valence-corrected chi connectivity index (χ1v) is 10.1. The highest BCUT2D eigenvalue weighted by molar-refractivity contribution is 5.93. The maximum Gasteiger partial charge on any atom is 0.331 e. The van der Waals surface area contributed by atoms with E-state index in [-0.39, 0.29) is 5.69 Å². The summed E-state index contributed by atoms with van der Waals surface area (Å²) in [5.41, 5.74) is 3.04. The lowest BCUT2D eigenvalue weighted by molar-refractivity contribution is -0.385. The molecule has 0 radical (unpaired) electrons. The molecule has 0 aliphatic carbocycles. The summed E-state index contributed by atoms with van der Waals surface area (Å²) in [5, 5.41) is 11.4. The van der Waals surface area contributed by atoms with Crippen LogP contribution >= 0.6 is 0 Å². The predicted octanol–water partition coefficient (Wildman–Crippen LogP) is 5.28. The SMILES string of the molecule is CC(C)(C)OC(=O)/C=C1\CCOc2cc([N+](=O)[O-])cc(CCCc3ccccc3)c21. The van der Waals surface area contributed by atoms with Gasteiger partial charge >= 0.3 is 5.97 Å². The number of nitro groups is 1. The van der Waals surface area contributed by atoms with E-state index in [9.17, 15) is 14.9 Å². The fourth-order valence-corrected chi connectivity index (χ4v) is 3.58. The van der Waals surface area contributed by atoms with Gasteiger partial charge in [-0.05, 0) is 56.7 Å². The van der Waals surface area contributed by atoms with Gasteiger partial charge in [0.15, 0.2) is 0 Å². The van der Waals surface area contributed by atoms with Gasteiger partial charge in [-0.25, -0.2) is 4.79 Å². The zero-order valence-electron chi connectivity index (χ0n) is 17.6. The van der Waals surface area contributed by atoms with Gasteiger partial charge in [-0.3, -0.25) is 10.1 Å². The van der Waals surface area contributed by atoms with E-state index in [1.165, 1.54) is 17.7 Å². The Morgan fingerprint density at radius 3 is 2.60 bits per heavy atom. The van der Waals surface area contributed by atoms with E-state index in [0.717, 1.165) is 29.5 Å². The van der Waals surface area contributed by atoms with E-state index in [1.807, 2.05) is 39.0 Å². The molecule has 0 unspecified atom stereocenters. The van der Waals surface area contributed by atoms with Crippen LogP contribution in [-0.2, 0) is 22.4 Å². The number of ether oxygens (including phenoxy) is 2. The molecule has 0 spiro atoms. The van der Waals surface area contributed by atoms with Gasteiger partial charge in [-0.2, -0.15) is 0 Å². The van der Waals surface area contributed by atoms with Crippen molar-refractivity contribution in [1.82, 2.24) is 0 Å². The lowest BCUT2D eigenvalue weighted by Gasteiger charge is -2.24. The molecule has 2 aromatic carbocycles. The summed E-state index contributed by atoms with van der Waals surface area (Å²) >= 11 is 0. The summed E-state index contributed by atoms with van der Waals surface area (Å²) in [6, 6.07) is 13.2. The number of non-ortho nitro benzene ring substituents is 1. The lowest BCUT2D eigenvalue weighted by atomic mass is 9.90. The molecule has 3 rings (SSSR count). The fourth-order valence-electron chi connectivity index (χ4n) is 3.58. The second-order valence-electron chi connectivity index (χ2n) is 8.38. The monoisotopic (exact) mass is 409 g/mol. The Morgan fingerprint density at radius 2 is 1.93 bits per heavy atom. The minimum absolute atomic E-state index is 0.00183. The van der Waals surface area contributed by atoms with E-state index in [2.05, 4.69) is 12.1 Å².